The molecule has 4 nitrogen and oxygen atoms in total. The number of ether oxygens (including phenoxy) is 1. The summed E-state index contributed by atoms with van der Waals surface area (Å²) in [7, 11) is 1.67. The van der Waals surface area contributed by atoms with Crippen molar-refractivity contribution in [1.29, 1.82) is 0 Å². The zero-order valence-corrected chi connectivity index (χ0v) is 10.2. The predicted molar refractivity (Wildman–Crippen MR) is 67.2 cm³/mol. The Morgan fingerprint density at radius 1 is 1.50 bits per heavy atom. The molecule has 0 spiro atoms. The van der Waals surface area contributed by atoms with E-state index in [1.54, 1.807) is 20.0 Å². The van der Waals surface area contributed by atoms with Crippen molar-refractivity contribution in [3.8, 4) is 0 Å². The Bertz CT molecular complexity index is 599. The number of pyridine rings is 1. The van der Waals surface area contributed by atoms with E-state index >= 15 is 0 Å². The lowest BCUT2D eigenvalue weighted by Gasteiger charge is -2.11. The number of rotatable bonds is 3. The molecule has 0 radical (unpaired) electrons. The summed E-state index contributed by atoms with van der Waals surface area (Å²) in [5.41, 5.74) is 1.45. The van der Waals surface area contributed by atoms with E-state index in [-0.39, 0.29) is 12.4 Å². The first-order chi connectivity index (χ1) is 8.67. The van der Waals surface area contributed by atoms with Gasteiger partial charge in [0.15, 0.2) is 0 Å². The fourth-order valence-electron chi connectivity index (χ4n) is 1.80. The van der Waals surface area contributed by atoms with Gasteiger partial charge in [0.25, 0.3) is 0 Å². The third kappa shape index (κ3) is 2.11. The largest absolute Gasteiger partial charge is 0.462 e. The number of halogens is 1. The highest BCUT2D eigenvalue weighted by Gasteiger charge is 2.15. The molecule has 1 aromatic heterocycles. The quantitative estimate of drug-likeness (QED) is 0.848. The molecule has 2 aromatic rings. The molecule has 0 unspecified atom stereocenters. The van der Waals surface area contributed by atoms with Crippen molar-refractivity contribution in [2.45, 2.75) is 6.92 Å². The molecule has 0 aliphatic heterocycles. The molecule has 94 valence electrons. The van der Waals surface area contributed by atoms with Gasteiger partial charge in [0.05, 0.1) is 17.8 Å². The predicted octanol–water partition coefficient (Wildman–Crippen LogP) is 2.59. The van der Waals surface area contributed by atoms with Gasteiger partial charge >= 0.3 is 5.97 Å². The summed E-state index contributed by atoms with van der Waals surface area (Å²) >= 11 is 0. The van der Waals surface area contributed by atoms with Crippen molar-refractivity contribution in [2.24, 2.45) is 0 Å². The second-order valence-electron chi connectivity index (χ2n) is 3.68. The number of esters is 1. The van der Waals surface area contributed by atoms with Gasteiger partial charge in [0.1, 0.15) is 11.4 Å². The Hall–Kier alpha value is -2.17. The smallest absolute Gasteiger partial charge is 0.341 e. The molecule has 1 N–H and O–H groups in total. The summed E-state index contributed by atoms with van der Waals surface area (Å²) in [6.07, 6.45) is 1.43. The lowest BCUT2D eigenvalue weighted by atomic mass is 10.1. The lowest BCUT2D eigenvalue weighted by molar-refractivity contribution is 0.0527. The van der Waals surface area contributed by atoms with Crippen LogP contribution in [0.3, 0.4) is 0 Å². The van der Waals surface area contributed by atoms with Gasteiger partial charge in [0.2, 0.25) is 0 Å². The number of aromatic nitrogens is 1. The molecule has 0 atom stereocenters. The number of carbonyl (C=O) groups excluding carboxylic acids is 1. The summed E-state index contributed by atoms with van der Waals surface area (Å²) in [6, 6.07) is 4.25. The van der Waals surface area contributed by atoms with E-state index in [9.17, 15) is 9.18 Å². The molecule has 1 heterocycles. The van der Waals surface area contributed by atoms with Crippen molar-refractivity contribution in [3.05, 3.63) is 35.8 Å². The summed E-state index contributed by atoms with van der Waals surface area (Å²) in [5.74, 6) is -0.845. The maximum absolute atomic E-state index is 13.3. The molecular formula is C13H13FN2O2. The van der Waals surface area contributed by atoms with Crippen LogP contribution in [0, 0.1) is 5.82 Å². The zero-order valence-electron chi connectivity index (χ0n) is 10.2. The lowest BCUT2D eigenvalue weighted by Crippen LogP contribution is -2.09. The van der Waals surface area contributed by atoms with Crippen molar-refractivity contribution in [3.63, 3.8) is 0 Å². The van der Waals surface area contributed by atoms with Gasteiger partial charge in [-0.05, 0) is 25.1 Å². The monoisotopic (exact) mass is 248 g/mol. The van der Waals surface area contributed by atoms with Crippen LogP contribution < -0.4 is 5.32 Å². The average molecular weight is 248 g/mol. The van der Waals surface area contributed by atoms with Gasteiger partial charge in [-0.1, -0.05) is 0 Å². The van der Waals surface area contributed by atoms with Crippen LogP contribution in [0.2, 0.25) is 0 Å². The van der Waals surface area contributed by atoms with E-state index in [4.69, 9.17) is 4.74 Å². The Balaban J connectivity index is 2.65. The number of carbonyl (C=O) groups is 1. The molecule has 2 rings (SSSR count). The van der Waals surface area contributed by atoms with Gasteiger partial charge in [-0.25, -0.2) is 9.18 Å². The summed E-state index contributed by atoms with van der Waals surface area (Å²) in [5, 5.41) is 3.46. The fraction of sp³-hybridized carbons (Fsp3) is 0.231. The van der Waals surface area contributed by atoms with Crippen LogP contribution >= 0.6 is 0 Å². The van der Waals surface area contributed by atoms with Gasteiger partial charge in [-0.3, -0.25) is 4.98 Å². The van der Waals surface area contributed by atoms with E-state index in [1.807, 2.05) is 0 Å². The maximum atomic E-state index is 13.3. The minimum absolute atomic E-state index is 0.281. The second-order valence-corrected chi connectivity index (χ2v) is 3.68. The highest BCUT2D eigenvalue weighted by molar-refractivity contribution is 6.04. The topological polar surface area (TPSA) is 51.2 Å². The summed E-state index contributed by atoms with van der Waals surface area (Å²) < 4.78 is 18.2. The molecule has 0 fully saturated rings. The Morgan fingerprint density at radius 3 is 2.94 bits per heavy atom. The Morgan fingerprint density at radius 2 is 2.28 bits per heavy atom. The highest BCUT2D eigenvalue weighted by Crippen LogP contribution is 2.26. The van der Waals surface area contributed by atoms with E-state index in [2.05, 4.69) is 10.3 Å². The number of hydrogen-bond acceptors (Lipinski definition) is 4. The number of fused-ring (bicyclic) bond motifs is 1. The molecule has 0 bridgehead atoms. The number of hydrogen-bond donors (Lipinski definition) is 1. The maximum Gasteiger partial charge on any atom is 0.341 e. The number of nitrogens with one attached hydrogen (secondary N) is 1. The fourth-order valence-corrected chi connectivity index (χ4v) is 1.80. The SMILES string of the molecule is CCOC(=O)c1cnc2ccc(F)cc2c1NC. The first kappa shape index (κ1) is 12.3. The van der Waals surface area contributed by atoms with Crippen LogP contribution in [0.15, 0.2) is 24.4 Å². The van der Waals surface area contributed by atoms with Gasteiger partial charge < -0.3 is 10.1 Å². The van der Waals surface area contributed by atoms with E-state index < -0.39 is 5.97 Å². The molecule has 0 aliphatic rings. The van der Waals surface area contributed by atoms with Crippen LogP contribution in [0.4, 0.5) is 10.1 Å². The van der Waals surface area contributed by atoms with Gasteiger partial charge in [0, 0.05) is 18.6 Å². The molecule has 0 amide bonds. The molecule has 1 aromatic carbocycles. The summed E-state index contributed by atoms with van der Waals surface area (Å²) in [4.78, 5) is 15.9. The minimum Gasteiger partial charge on any atom is -0.462 e. The van der Waals surface area contributed by atoms with Crippen LogP contribution in [-0.2, 0) is 4.74 Å². The Labute approximate surface area is 104 Å². The van der Waals surface area contributed by atoms with Crippen molar-refractivity contribution in [2.75, 3.05) is 19.0 Å². The van der Waals surface area contributed by atoms with Crippen molar-refractivity contribution < 1.29 is 13.9 Å². The molecule has 0 saturated carbocycles. The van der Waals surface area contributed by atoms with E-state index in [1.165, 1.54) is 18.3 Å². The van der Waals surface area contributed by atoms with Crippen molar-refractivity contribution >= 4 is 22.6 Å². The minimum atomic E-state index is -0.472. The number of anilines is 1. The van der Waals surface area contributed by atoms with Crippen molar-refractivity contribution in [1.82, 2.24) is 4.98 Å². The van der Waals surface area contributed by atoms with E-state index in [0.717, 1.165) is 0 Å². The van der Waals surface area contributed by atoms with Crippen LogP contribution in [0.25, 0.3) is 10.9 Å². The van der Waals surface area contributed by atoms with Gasteiger partial charge in [-0.2, -0.15) is 0 Å². The second kappa shape index (κ2) is 5.00. The summed E-state index contributed by atoms with van der Waals surface area (Å²) in [6.45, 7) is 2.01. The zero-order chi connectivity index (χ0) is 13.1. The Kier molecular flexibility index (Phi) is 3.41. The van der Waals surface area contributed by atoms with Gasteiger partial charge in [-0.15, -0.1) is 0 Å². The molecule has 0 saturated heterocycles. The highest BCUT2D eigenvalue weighted by atomic mass is 19.1. The van der Waals surface area contributed by atoms with Crippen LogP contribution in [0.5, 0.6) is 0 Å². The average Bonchev–Trinajstić information content (AvgIpc) is 2.37. The standard InChI is InChI=1S/C13H13FN2O2/c1-3-18-13(17)10-7-16-11-5-4-8(14)6-9(11)12(10)15-2/h4-7H,3H2,1-2H3,(H,15,16). The van der Waals surface area contributed by atoms with E-state index in [0.29, 0.717) is 22.2 Å². The first-order valence-corrected chi connectivity index (χ1v) is 5.60. The molecular weight excluding hydrogens is 235 g/mol. The first-order valence-electron chi connectivity index (χ1n) is 5.60. The van der Waals surface area contributed by atoms with Crippen LogP contribution in [-0.4, -0.2) is 24.6 Å². The third-order valence-electron chi connectivity index (χ3n) is 2.58. The third-order valence-corrected chi connectivity index (χ3v) is 2.58. The molecule has 5 heteroatoms. The van der Waals surface area contributed by atoms with Crippen LogP contribution in [0.1, 0.15) is 17.3 Å². The normalized spacial score (nSPS) is 10.4. The number of benzene rings is 1. The number of nitrogens with zero attached hydrogens (tertiary/aromatic N) is 1. The molecule has 18 heavy (non-hydrogen) atoms. The molecule has 0 aliphatic carbocycles.